The van der Waals surface area contributed by atoms with E-state index >= 15 is 0 Å². The van der Waals surface area contributed by atoms with Crippen LogP contribution in [0.15, 0.2) is 18.2 Å². The number of likely N-dealkylation sites (N-methyl/N-ethyl adjacent to an activating group) is 1. The van der Waals surface area contributed by atoms with E-state index in [1.807, 2.05) is 24.1 Å². The summed E-state index contributed by atoms with van der Waals surface area (Å²) >= 11 is 4.87. The maximum atomic E-state index is 9.61. The molecule has 0 spiro atoms. The van der Waals surface area contributed by atoms with Crippen molar-refractivity contribution in [3.05, 3.63) is 23.9 Å². The van der Waals surface area contributed by atoms with Crippen molar-refractivity contribution in [2.45, 2.75) is 6.10 Å². The van der Waals surface area contributed by atoms with E-state index in [1.54, 1.807) is 13.2 Å². The van der Waals surface area contributed by atoms with Crippen molar-refractivity contribution in [2.24, 2.45) is 5.73 Å². The van der Waals surface area contributed by atoms with Crippen LogP contribution in [-0.2, 0) is 4.74 Å². The van der Waals surface area contributed by atoms with E-state index in [4.69, 9.17) is 22.7 Å². The van der Waals surface area contributed by atoms with Gasteiger partial charge in [0.25, 0.3) is 0 Å². The van der Waals surface area contributed by atoms with Crippen molar-refractivity contribution < 1.29 is 9.84 Å². The zero-order chi connectivity index (χ0) is 12.8. The van der Waals surface area contributed by atoms with E-state index in [-0.39, 0.29) is 4.99 Å². The molecule has 0 aromatic carbocycles. The molecule has 0 saturated heterocycles. The Kier molecular flexibility index (Phi) is 5.27. The summed E-state index contributed by atoms with van der Waals surface area (Å²) in [7, 11) is 3.39. The number of aromatic nitrogens is 1. The van der Waals surface area contributed by atoms with Crippen molar-refractivity contribution in [1.29, 1.82) is 0 Å². The van der Waals surface area contributed by atoms with Crippen LogP contribution in [0.2, 0.25) is 0 Å². The molecule has 0 bridgehead atoms. The Balaban J connectivity index is 2.71. The Hall–Kier alpha value is -1.24. The molecule has 0 aliphatic rings. The van der Waals surface area contributed by atoms with Crippen LogP contribution in [0.5, 0.6) is 0 Å². The molecule has 1 unspecified atom stereocenters. The minimum absolute atomic E-state index is 0.262. The molecule has 0 radical (unpaired) electrons. The number of hydrogen-bond donors (Lipinski definition) is 2. The fourth-order valence-corrected chi connectivity index (χ4v) is 1.54. The maximum Gasteiger partial charge on any atom is 0.129 e. The van der Waals surface area contributed by atoms with Gasteiger partial charge in [0.15, 0.2) is 0 Å². The second kappa shape index (κ2) is 6.48. The van der Waals surface area contributed by atoms with Crippen LogP contribution in [0, 0.1) is 0 Å². The van der Waals surface area contributed by atoms with E-state index < -0.39 is 6.10 Å². The number of rotatable bonds is 6. The van der Waals surface area contributed by atoms with Crippen molar-refractivity contribution in [3.8, 4) is 0 Å². The Labute approximate surface area is 106 Å². The van der Waals surface area contributed by atoms with Crippen molar-refractivity contribution >= 4 is 23.0 Å². The molecule has 5 nitrogen and oxygen atoms in total. The van der Waals surface area contributed by atoms with Crippen LogP contribution in [0.3, 0.4) is 0 Å². The van der Waals surface area contributed by atoms with E-state index in [1.165, 1.54) is 0 Å². The molecule has 0 aliphatic carbocycles. The van der Waals surface area contributed by atoms with Gasteiger partial charge in [0, 0.05) is 20.7 Å². The second-order valence-corrected chi connectivity index (χ2v) is 4.17. The maximum absolute atomic E-state index is 9.61. The van der Waals surface area contributed by atoms with Gasteiger partial charge in [-0.3, -0.25) is 0 Å². The molecule has 3 N–H and O–H groups in total. The number of nitrogens with two attached hydrogens (primary N) is 1. The van der Waals surface area contributed by atoms with Crippen LogP contribution in [0.25, 0.3) is 0 Å². The summed E-state index contributed by atoms with van der Waals surface area (Å²) in [6.07, 6.45) is -0.555. The fourth-order valence-electron chi connectivity index (χ4n) is 1.43. The zero-order valence-electron chi connectivity index (χ0n) is 9.96. The molecule has 0 fully saturated rings. The van der Waals surface area contributed by atoms with Gasteiger partial charge in [-0.25, -0.2) is 4.98 Å². The minimum atomic E-state index is -0.555. The first kappa shape index (κ1) is 13.8. The molecule has 0 aliphatic heterocycles. The Bertz CT molecular complexity index is 387. The van der Waals surface area contributed by atoms with Gasteiger partial charge < -0.3 is 20.5 Å². The Morgan fingerprint density at radius 1 is 1.65 bits per heavy atom. The fraction of sp³-hybridized carbons (Fsp3) is 0.455. The van der Waals surface area contributed by atoms with Gasteiger partial charge in [-0.15, -0.1) is 0 Å². The highest BCUT2D eigenvalue weighted by atomic mass is 32.1. The standard InChI is InChI=1S/C11H17N3O2S/c1-14(6-8(15)7-16-2)10-5-3-4-9(13-10)11(12)17/h3-5,8,15H,6-7H2,1-2H3,(H2,12,17). The van der Waals surface area contributed by atoms with Gasteiger partial charge in [0.05, 0.1) is 18.4 Å². The summed E-state index contributed by atoms with van der Waals surface area (Å²) in [5, 5.41) is 9.61. The molecule has 94 valence electrons. The number of anilines is 1. The number of hydrogen-bond acceptors (Lipinski definition) is 5. The van der Waals surface area contributed by atoms with Crippen LogP contribution in [0.4, 0.5) is 5.82 Å². The summed E-state index contributed by atoms with van der Waals surface area (Å²) in [6, 6.07) is 5.42. The quantitative estimate of drug-likeness (QED) is 0.706. The number of pyridine rings is 1. The molecule has 0 amide bonds. The van der Waals surface area contributed by atoms with Crippen molar-refractivity contribution in [2.75, 3.05) is 32.2 Å². The molecule has 0 saturated carbocycles. The number of aliphatic hydroxyl groups is 1. The summed E-state index contributed by atoms with van der Waals surface area (Å²) < 4.78 is 4.86. The highest BCUT2D eigenvalue weighted by molar-refractivity contribution is 7.80. The third kappa shape index (κ3) is 4.26. The first-order chi connectivity index (χ1) is 8.04. The lowest BCUT2D eigenvalue weighted by atomic mass is 10.3. The summed E-state index contributed by atoms with van der Waals surface area (Å²) in [4.78, 5) is 6.38. The normalized spacial score (nSPS) is 12.2. The van der Waals surface area contributed by atoms with E-state index in [0.717, 1.165) is 0 Å². The van der Waals surface area contributed by atoms with Gasteiger partial charge in [0.2, 0.25) is 0 Å². The number of thiocarbonyl (C=S) groups is 1. The molecule has 6 heteroatoms. The monoisotopic (exact) mass is 255 g/mol. The minimum Gasteiger partial charge on any atom is -0.389 e. The molecule has 1 aromatic rings. The first-order valence-corrected chi connectivity index (χ1v) is 5.60. The summed E-state index contributed by atoms with van der Waals surface area (Å²) in [6.45, 7) is 0.723. The average molecular weight is 255 g/mol. The number of ether oxygens (including phenoxy) is 1. The molecule has 1 heterocycles. The molecule has 17 heavy (non-hydrogen) atoms. The van der Waals surface area contributed by atoms with Crippen LogP contribution in [0.1, 0.15) is 5.69 Å². The largest absolute Gasteiger partial charge is 0.389 e. The Morgan fingerprint density at radius 2 is 2.35 bits per heavy atom. The van der Waals surface area contributed by atoms with Crippen LogP contribution >= 0.6 is 12.2 Å². The van der Waals surface area contributed by atoms with Crippen molar-refractivity contribution in [3.63, 3.8) is 0 Å². The van der Waals surface area contributed by atoms with Gasteiger partial charge in [-0.05, 0) is 12.1 Å². The van der Waals surface area contributed by atoms with Gasteiger partial charge >= 0.3 is 0 Å². The lowest BCUT2D eigenvalue weighted by molar-refractivity contribution is 0.0694. The molecule has 1 rings (SSSR count). The predicted octanol–water partition coefficient (Wildman–Crippen LogP) is 0.159. The third-order valence-electron chi connectivity index (χ3n) is 2.22. The first-order valence-electron chi connectivity index (χ1n) is 5.19. The number of methoxy groups -OCH3 is 1. The van der Waals surface area contributed by atoms with Gasteiger partial charge in [-0.1, -0.05) is 18.3 Å². The zero-order valence-corrected chi connectivity index (χ0v) is 10.8. The average Bonchev–Trinajstić information content (AvgIpc) is 2.29. The van der Waals surface area contributed by atoms with E-state index in [2.05, 4.69) is 4.98 Å². The molecular formula is C11H17N3O2S. The second-order valence-electron chi connectivity index (χ2n) is 3.73. The lowest BCUT2D eigenvalue weighted by Crippen LogP contribution is -2.32. The smallest absolute Gasteiger partial charge is 0.129 e. The number of aliphatic hydroxyl groups excluding tert-OH is 1. The molecular weight excluding hydrogens is 238 g/mol. The highest BCUT2D eigenvalue weighted by Crippen LogP contribution is 2.10. The van der Waals surface area contributed by atoms with E-state index in [9.17, 15) is 5.11 Å². The third-order valence-corrected chi connectivity index (χ3v) is 2.43. The number of nitrogens with zero attached hydrogens (tertiary/aromatic N) is 2. The molecule has 1 atom stereocenters. The highest BCUT2D eigenvalue weighted by Gasteiger charge is 2.10. The molecule has 1 aromatic heterocycles. The van der Waals surface area contributed by atoms with E-state index in [0.29, 0.717) is 24.7 Å². The Morgan fingerprint density at radius 3 is 2.94 bits per heavy atom. The van der Waals surface area contributed by atoms with Crippen LogP contribution in [-0.4, -0.2) is 48.5 Å². The van der Waals surface area contributed by atoms with Crippen LogP contribution < -0.4 is 10.6 Å². The van der Waals surface area contributed by atoms with Gasteiger partial charge in [0.1, 0.15) is 10.8 Å². The lowest BCUT2D eigenvalue weighted by Gasteiger charge is -2.21. The van der Waals surface area contributed by atoms with Gasteiger partial charge in [-0.2, -0.15) is 0 Å². The summed E-state index contributed by atoms with van der Waals surface area (Å²) in [5.41, 5.74) is 6.09. The van der Waals surface area contributed by atoms with Crippen molar-refractivity contribution in [1.82, 2.24) is 4.98 Å². The topological polar surface area (TPSA) is 71.6 Å². The SMILES string of the molecule is COCC(O)CN(C)c1cccc(C(N)=S)n1. The summed E-state index contributed by atoms with van der Waals surface area (Å²) in [5.74, 6) is 0.713. The predicted molar refractivity (Wildman–Crippen MR) is 71.3 cm³/mol.